The highest BCUT2D eigenvalue weighted by Crippen LogP contribution is 2.43. The van der Waals surface area contributed by atoms with Gasteiger partial charge in [0.05, 0.1) is 22.1 Å². The fraction of sp³-hybridized carbons (Fsp3) is 0.400. The van der Waals surface area contributed by atoms with Crippen molar-refractivity contribution in [1.29, 1.82) is 0 Å². The van der Waals surface area contributed by atoms with Crippen LogP contribution in [0.3, 0.4) is 0 Å². The molecule has 0 aromatic heterocycles. The van der Waals surface area contributed by atoms with Crippen LogP contribution < -0.4 is 0 Å². The van der Waals surface area contributed by atoms with E-state index in [-0.39, 0.29) is 33.0 Å². The van der Waals surface area contributed by atoms with Gasteiger partial charge >= 0.3 is 11.4 Å². The molecular formula is C20H20Cl2F2N2O5. The summed E-state index contributed by atoms with van der Waals surface area (Å²) in [7, 11) is 0. The van der Waals surface area contributed by atoms with Crippen LogP contribution in [0.5, 0.6) is 0 Å². The van der Waals surface area contributed by atoms with E-state index in [9.17, 15) is 29.0 Å². The van der Waals surface area contributed by atoms with E-state index in [1.165, 1.54) is 0 Å². The molecule has 0 fully saturated rings. The van der Waals surface area contributed by atoms with E-state index in [0.717, 1.165) is 24.3 Å². The predicted octanol–water partition coefficient (Wildman–Crippen LogP) is 7.20. The minimum absolute atomic E-state index is 0.0690. The van der Waals surface area contributed by atoms with Gasteiger partial charge in [0.1, 0.15) is 0 Å². The summed E-state index contributed by atoms with van der Waals surface area (Å²) in [5.41, 5.74) is -1.15. The van der Waals surface area contributed by atoms with Gasteiger partial charge in [0.2, 0.25) is 11.6 Å². The number of nitro benzene ring substituents is 2. The SMILES string of the molecule is CC(C)C(OC(c1cc([N+](=O)[O-])c(F)cc1Cl)C(C)C)c1cc([N+](=O)[O-])c(F)cc1Cl. The maximum atomic E-state index is 13.9. The number of nitrogens with zero attached hydrogens (tertiary/aromatic N) is 2. The summed E-state index contributed by atoms with van der Waals surface area (Å²) in [4.78, 5) is 20.6. The van der Waals surface area contributed by atoms with Gasteiger partial charge in [0.25, 0.3) is 0 Å². The lowest BCUT2D eigenvalue weighted by molar-refractivity contribution is -0.387. The van der Waals surface area contributed by atoms with Crippen LogP contribution in [0, 0.1) is 43.7 Å². The number of hydrogen-bond acceptors (Lipinski definition) is 5. The molecule has 0 heterocycles. The van der Waals surface area contributed by atoms with Crippen molar-refractivity contribution >= 4 is 34.6 Å². The molecule has 0 bridgehead atoms. The summed E-state index contributed by atoms with van der Waals surface area (Å²) in [5, 5.41) is 22.2. The quantitative estimate of drug-likeness (QED) is 0.296. The Morgan fingerprint density at radius 2 is 1.10 bits per heavy atom. The third kappa shape index (κ3) is 5.47. The Balaban J connectivity index is 2.60. The Morgan fingerprint density at radius 3 is 1.35 bits per heavy atom. The molecule has 0 aliphatic carbocycles. The van der Waals surface area contributed by atoms with E-state index >= 15 is 0 Å². The normalized spacial score (nSPS) is 13.5. The summed E-state index contributed by atoms with van der Waals surface area (Å²) in [6, 6.07) is 3.70. The molecule has 2 rings (SSSR count). The van der Waals surface area contributed by atoms with Gasteiger partial charge in [-0.1, -0.05) is 50.9 Å². The Bertz CT molecular complexity index is 938. The van der Waals surface area contributed by atoms with Crippen LogP contribution in [-0.4, -0.2) is 9.85 Å². The highest BCUT2D eigenvalue weighted by molar-refractivity contribution is 6.31. The van der Waals surface area contributed by atoms with Crippen molar-refractivity contribution < 1.29 is 23.4 Å². The van der Waals surface area contributed by atoms with E-state index < -0.39 is 45.1 Å². The molecule has 2 unspecified atom stereocenters. The third-order valence-corrected chi connectivity index (χ3v) is 5.30. The van der Waals surface area contributed by atoms with Gasteiger partial charge in [-0.3, -0.25) is 20.2 Å². The average molecular weight is 477 g/mol. The third-order valence-electron chi connectivity index (χ3n) is 4.64. The van der Waals surface area contributed by atoms with Crippen LogP contribution >= 0.6 is 23.2 Å². The first-order valence-corrected chi connectivity index (χ1v) is 10.0. The second-order valence-corrected chi connectivity index (χ2v) is 8.44. The van der Waals surface area contributed by atoms with E-state index in [2.05, 4.69) is 0 Å². The smallest absolute Gasteiger partial charge is 0.305 e. The second-order valence-electron chi connectivity index (χ2n) is 7.63. The largest absolute Gasteiger partial charge is 0.365 e. The monoisotopic (exact) mass is 476 g/mol. The van der Waals surface area contributed by atoms with Crippen molar-refractivity contribution in [3.63, 3.8) is 0 Å². The second kappa shape index (κ2) is 9.84. The van der Waals surface area contributed by atoms with Crippen LogP contribution in [-0.2, 0) is 4.74 Å². The molecule has 0 N–H and O–H groups in total. The minimum Gasteiger partial charge on any atom is -0.365 e. The van der Waals surface area contributed by atoms with E-state index in [1.807, 2.05) is 0 Å². The molecule has 0 saturated heterocycles. The average Bonchev–Trinajstić information content (AvgIpc) is 2.63. The molecule has 0 saturated carbocycles. The molecule has 31 heavy (non-hydrogen) atoms. The molecule has 2 aromatic carbocycles. The summed E-state index contributed by atoms with van der Waals surface area (Å²) in [6.07, 6.45) is -1.70. The number of nitro groups is 2. The molecule has 0 spiro atoms. The zero-order valence-electron chi connectivity index (χ0n) is 17.1. The molecule has 0 aliphatic rings. The highest BCUT2D eigenvalue weighted by Gasteiger charge is 2.32. The molecular weight excluding hydrogens is 457 g/mol. The number of ether oxygens (including phenoxy) is 1. The van der Waals surface area contributed by atoms with E-state index in [4.69, 9.17) is 27.9 Å². The van der Waals surface area contributed by atoms with Crippen molar-refractivity contribution in [2.75, 3.05) is 0 Å². The first-order valence-electron chi connectivity index (χ1n) is 9.27. The van der Waals surface area contributed by atoms with Gasteiger partial charge < -0.3 is 4.74 Å². The zero-order valence-corrected chi connectivity index (χ0v) is 18.6. The van der Waals surface area contributed by atoms with Gasteiger partial charge in [-0.2, -0.15) is 8.78 Å². The van der Waals surface area contributed by atoms with Crippen molar-refractivity contribution in [2.24, 2.45) is 11.8 Å². The van der Waals surface area contributed by atoms with Crippen molar-refractivity contribution in [3.8, 4) is 0 Å². The lowest BCUT2D eigenvalue weighted by atomic mass is 9.94. The van der Waals surface area contributed by atoms with Crippen LogP contribution in [0.4, 0.5) is 20.2 Å². The lowest BCUT2D eigenvalue weighted by Gasteiger charge is -2.31. The molecule has 0 radical (unpaired) electrons. The maximum Gasteiger partial charge on any atom is 0.305 e. The Hall–Kier alpha value is -2.36. The summed E-state index contributed by atoms with van der Waals surface area (Å²) < 4.78 is 34.1. The fourth-order valence-corrected chi connectivity index (χ4v) is 3.68. The molecule has 2 atom stereocenters. The van der Waals surface area contributed by atoms with Crippen LogP contribution in [0.25, 0.3) is 0 Å². The fourth-order valence-electron chi connectivity index (χ4n) is 3.16. The van der Waals surface area contributed by atoms with Crippen LogP contribution in [0.2, 0.25) is 10.0 Å². The molecule has 11 heteroatoms. The van der Waals surface area contributed by atoms with Crippen LogP contribution in [0.1, 0.15) is 51.0 Å². The molecule has 2 aromatic rings. The molecule has 168 valence electrons. The topological polar surface area (TPSA) is 95.5 Å². The van der Waals surface area contributed by atoms with Crippen molar-refractivity contribution in [3.05, 3.63) is 77.3 Å². The van der Waals surface area contributed by atoms with Gasteiger partial charge in [0, 0.05) is 33.3 Å². The molecule has 0 amide bonds. The van der Waals surface area contributed by atoms with E-state index in [1.54, 1.807) is 27.7 Å². The van der Waals surface area contributed by atoms with Crippen molar-refractivity contribution in [1.82, 2.24) is 0 Å². The summed E-state index contributed by atoms with van der Waals surface area (Å²) >= 11 is 12.3. The maximum absolute atomic E-state index is 13.9. The highest BCUT2D eigenvalue weighted by atomic mass is 35.5. The van der Waals surface area contributed by atoms with Gasteiger partial charge in [-0.15, -0.1) is 0 Å². The molecule has 7 nitrogen and oxygen atoms in total. The number of benzene rings is 2. The predicted molar refractivity (Wildman–Crippen MR) is 112 cm³/mol. The number of halogens is 4. The van der Waals surface area contributed by atoms with Crippen molar-refractivity contribution in [2.45, 2.75) is 39.9 Å². The van der Waals surface area contributed by atoms with Gasteiger partial charge in [-0.05, 0) is 24.0 Å². The van der Waals surface area contributed by atoms with Crippen LogP contribution in [0.15, 0.2) is 24.3 Å². The molecule has 0 aliphatic heterocycles. The van der Waals surface area contributed by atoms with Gasteiger partial charge in [0.15, 0.2) is 0 Å². The summed E-state index contributed by atoms with van der Waals surface area (Å²) in [6.45, 7) is 7.06. The Morgan fingerprint density at radius 1 is 0.774 bits per heavy atom. The minimum atomic E-state index is -1.08. The first-order chi connectivity index (χ1) is 14.3. The number of hydrogen-bond donors (Lipinski definition) is 0. The first kappa shape index (κ1) is 24.9. The lowest BCUT2D eigenvalue weighted by Crippen LogP contribution is -2.20. The zero-order chi connectivity index (χ0) is 23.6. The Kier molecular flexibility index (Phi) is 7.91. The summed E-state index contributed by atoms with van der Waals surface area (Å²) in [5.74, 6) is -2.73. The van der Waals surface area contributed by atoms with Gasteiger partial charge in [-0.25, -0.2) is 0 Å². The number of rotatable bonds is 8. The Labute approximate surface area is 187 Å². The standard InChI is InChI=1S/C20H20Cl2F2N2O5/c1-9(2)19(11-5-17(25(27)28)15(23)7-13(11)21)31-20(10(3)4)12-6-18(26(29)30)16(24)8-14(12)22/h5-10,19-20H,1-4H3. The van der Waals surface area contributed by atoms with E-state index in [0.29, 0.717) is 0 Å².